The molecule has 0 unspecified atom stereocenters. The second-order valence-electron chi connectivity index (χ2n) is 4.78. The molecule has 1 aromatic heterocycles. The topological polar surface area (TPSA) is 55.0 Å². The van der Waals surface area contributed by atoms with E-state index in [4.69, 9.17) is 5.73 Å². The molecule has 2 aromatic carbocycles. The Morgan fingerprint density at radius 1 is 1.05 bits per heavy atom. The van der Waals surface area contributed by atoms with Crippen molar-refractivity contribution in [2.24, 2.45) is 0 Å². The zero-order valence-corrected chi connectivity index (χ0v) is 11.3. The van der Waals surface area contributed by atoms with Crippen LogP contribution in [0.4, 0.5) is 11.6 Å². The quantitative estimate of drug-likeness (QED) is 0.739. The number of benzene rings is 2. The van der Waals surface area contributed by atoms with Gasteiger partial charge in [0.25, 0.3) is 0 Å². The number of fused-ring (bicyclic) bond motifs is 1. The van der Waals surface area contributed by atoms with Crippen LogP contribution >= 0.6 is 0 Å². The molecule has 0 amide bonds. The molecule has 0 aliphatic heterocycles. The van der Waals surface area contributed by atoms with Gasteiger partial charge < -0.3 is 10.6 Å². The van der Waals surface area contributed by atoms with Gasteiger partial charge in [0.1, 0.15) is 0 Å². The fourth-order valence-electron chi connectivity index (χ4n) is 2.15. The van der Waals surface area contributed by atoms with Gasteiger partial charge in [-0.15, -0.1) is 0 Å². The molecule has 0 aliphatic carbocycles. The first-order valence-corrected chi connectivity index (χ1v) is 6.50. The van der Waals surface area contributed by atoms with Crippen LogP contribution in [0.2, 0.25) is 0 Å². The number of aromatic nitrogens is 2. The highest BCUT2D eigenvalue weighted by Gasteiger charge is 2.07. The van der Waals surface area contributed by atoms with Crippen molar-refractivity contribution in [1.29, 1.82) is 0 Å². The molecule has 100 valence electrons. The molecule has 0 bridgehead atoms. The van der Waals surface area contributed by atoms with E-state index >= 15 is 0 Å². The Morgan fingerprint density at radius 3 is 2.65 bits per heavy atom. The maximum absolute atomic E-state index is 5.97. The van der Waals surface area contributed by atoms with Crippen LogP contribution in [0.3, 0.4) is 0 Å². The summed E-state index contributed by atoms with van der Waals surface area (Å²) in [5.74, 6) is 0.701. The number of rotatable bonds is 3. The third kappa shape index (κ3) is 2.40. The van der Waals surface area contributed by atoms with Crippen LogP contribution in [0.5, 0.6) is 0 Å². The zero-order valence-electron chi connectivity index (χ0n) is 11.3. The Balaban J connectivity index is 1.89. The van der Waals surface area contributed by atoms with Gasteiger partial charge in [0.2, 0.25) is 5.95 Å². The molecule has 3 aromatic rings. The van der Waals surface area contributed by atoms with E-state index in [-0.39, 0.29) is 0 Å². The van der Waals surface area contributed by atoms with Crippen molar-refractivity contribution in [2.75, 3.05) is 17.7 Å². The molecule has 20 heavy (non-hydrogen) atoms. The van der Waals surface area contributed by atoms with E-state index in [1.165, 1.54) is 0 Å². The summed E-state index contributed by atoms with van der Waals surface area (Å²) in [6, 6.07) is 15.8. The Kier molecular flexibility index (Phi) is 3.21. The third-order valence-electron chi connectivity index (χ3n) is 3.28. The number of nitrogens with zero attached hydrogens (tertiary/aromatic N) is 3. The fraction of sp³-hybridized carbons (Fsp3) is 0.125. The molecule has 0 atom stereocenters. The van der Waals surface area contributed by atoms with Crippen molar-refractivity contribution in [3.8, 4) is 0 Å². The Hall–Kier alpha value is -2.62. The van der Waals surface area contributed by atoms with Gasteiger partial charge in [0, 0.05) is 30.9 Å². The Morgan fingerprint density at radius 2 is 1.80 bits per heavy atom. The predicted molar refractivity (Wildman–Crippen MR) is 82.5 cm³/mol. The van der Waals surface area contributed by atoms with Crippen molar-refractivity contribution in [1.82, 2.24) is 9.97 Å². The number of para-hydroxylation sites is 2. The zero-order chi connectivity index (χ0) is 13.9. The third-order valence-corrected chi connectivity index (χ3v) is 3.28. The SMILES string of the molecule is CN(Cc1ccccc1N)c1ncc2ccccc2n1. The number of hydrogen-bond acceptors (Lipinski definition) is 4. The van der Waals surface area contributed by atoms with Crippen molar-refractivity contribution in [3.05, 3.63) is 60.3 Å². The van der Waals surface area contributed by atoms with Crippen LogP contribution in [-0.2, 0) is 6.54 Å². The molecule has 1 heterocycles. The predicted octanol–water partition coefficient (Wildman–Crippen LogP) is 2.85. The summed E-state index contributed by atoms with van der Waals surface area (Å²) in [6.07, 6.45) is 1.85. The van der Waals surface area contributed by atoms with Gasteiger partial charge in [-0.3, -0.25) is 0 Å². The number of anilines is 2. The van der Waals surface area contributed by atoms with Gasteiger partial charge in [-0.2, -0.15) is 0 Å². The minimum atomic E-state index is 0.686. The standard InChI is InChI=1S/C16H16N4/c1-20(11-13-7-2-4-8-14(13)17)16-18-10-12-6-3-5-9-15(12)19-16/h2-10H,11,17H2,1H3. The molecule has 4 heteroatoms. The van der Waals surface area contributed by atoms with Crippen LogP contribution in [0.1, 0.15) is 5.56 Å². The number of nitrogens with two attached hydrogens (primary N) is 1. The van der Waals surface area contributed by atoms with E-state index in [1.807, 2.05) is 66.7 Å². The molecule has 0 spiro atoms. The van der Waals surface area contributed by atoms with E-state index in [0.29, 0.717) is 12.5 Å². The maximum Gasteiger partial charge on any atom is 0.225 e. The smallest absolute Gasteiger partial charge is 0.225 e. The van der Waals surface area contributed by atoms with Crippen LogP contribution in [0, 0.1) is 0 Å². The second kappa shape index (κ2) is 5.17. The monoisotopic (exact) mass is 264 g/mol. The van der Waals surface area contributed by atoms with Crippen LogP contribution in [0.15, 0.2) is 54.7 Å². The minimum absolute atomic E-state index is 0.686. The average Bonchev–Trinajstić information content (AvgIpc) is 2.49. The normalized spacial score (nSPS) is 10.7. The highest BCUT2D eigenvalue weighted by molar-refractivity contribution is 5.78. The highest BCUT2D eigenvalue weighted by Crippen LogP contribution is 2.18. The van der Waals surface area contributed by atoms with E-state index in [9.17, 15) is 0 Å². The van der Waals surface area contributed by atoms with Crippen LogP contribution in [-0.4, -0.2) is 17.0 Å². The van der Waals surface area contributed by atoms with Gasteiger partial charge in [-0.25, -0.2) is 9.97 Å². The van der Waals surface area contributed by atoms with E-state index < -0.39 is 0 Å². The fourth-order valence-corrected chi connectivity index (χ4v) is 2.15. The van der Waals surface area contributed by atoms with Gasteiger partial charge in [0.15, 0.2) is 0 Å². The summed E-state index contributed by atoms with van der Waals surface area (Å²) in [4.78, 5) is 11.0. The number of hydrogen-bond donors (Lipinski definition) is 1. The van der Waals surface area contributed by atoms with Crippen LogP contribution in [0.25, 0.3) is 10.9 Å². The number of nitrogen functional groups attached to an aromatic ring is 1. The molecule has 0 saturated heterocycles. The first kappa shape index (κ1) is 12.4. The van der Waals surface area contributed by atoms with E-state index in [0.717, 1.165) is 22.2 Å². The van der Waals surface area contributed by atoms with E-state index in [2.05, 4.69) is 9.97 Å². The molecule has 0 fully saturated rings. The van der Waals surface area contributed by atoms with Crippen LogP contribution < -0.4 is 10.6 Å². The first-order valence-electron chi connectivity index (χ1n) is 6.50. The lowest BCUT2D eigenvalue weighted by Crippen LogP contribution is -2.19. The largest absolute Gasteiger partial charge is 0.398 e. The molecular formula is C16H16N4. The van der Waals surface area contributed by atoms with E-state index in [1.54, 1.807) is 0 Å². The van der Waals surface area contributed by atoms with Crippen molar-refractivity contribution in [3.63, 3.8) is 0 Å². The summed E-state index contributed by atoms with van der Waals surface area (Å²) in [5, 5.41) is 1.05. The minimum Gasteiger partial charge on any atom is -0.398 e. The van der Waals surface area contributed by atoms with Gasteiger partial charge in [0.05, 0.1) is 5.52 Å². The lowest BCUT2D eigenvalue weighted by Gasteiger charge is -2.18. The lowest BCUT2D eigenvalue weighted by atomic mass is 10.2. The van der Waals surface area contributed by atoms with Crippen molar-refractivity contribution in [2.45, 2.75) is 6.54 Å². The molecule has 0 saturated carbocycles. The van der Waals surface area contributed by atoms with Gasteiger partial charge in [-0.05, 0) is 17.7 Å². The summed E-state index contributed by atoms with van der Waals surface area (Å²) in [7, 11) is 1.97. The molecule has 0 radical (unpaired) electrons. The lowest BCUT2D eigenvalue weighted by molar-refractivity contribution is 0.875. The van der Waals surface area contributed by atoms with Gasteiger partial charge in [-0.1, -0.05) is 36.4 Å². The first-order chi connectivity index (χ1) is 9.74. The second-order valence-corrected chi connectivity index (χ2v) is 4.78. The highest BCUT2D eigenvalue weighted by atomic mass is 15.2. The summed E-state index contributed by atoms with van der Waals surface area (Å²) < 4.78 is 0. The molecular weight excluding hydrogens is 248 g/mol. The summed E-state index contributed by atoms with van der Waals surface area (Å²) >= 11 is 0. The Bertz CT molecular complexity index is 739. The molecule has 4 nitrogen and oxygen atoms in total. The van der Waals surface area contributed by atoms with Crippen molar-refractivity contribution >= 4 is 22.5 Å². The summed E-state index contributed by atoms with van der Waals surface area (Å²) in [6.45, 7) is 0.686. The average molecular weight is 264 g/mol. The maximum atomic E-state index is 5.97. The summed E-state index contributed by atoms with van der Waals surface area (Å²) in [5.41, 5.74) is 8.79. The Labute approximate surface area is 117 Å². The van der Waals surface area contributed by atoms with Crippen molar-refractivity contribution < 1.29 is 0 Å². The molecule has 2 N–H and O–H groups in total. The molecule has 3 rings (SSSR count). The molecule has 0 aliphatic rings. The van der Waals surface area contributed by atoms with Gasteiger partial charge >= 0.3 is 0 Å².